The first-order valence-electron chi connectivity index (χ1n) is 9.37. The highest BCUT2D eigenvalue weighted by atomic mass is 16.5. The molecular weight excluding hydrogens is 330 g/mol. The summed E-state index contributed by atoms with van der Waals surface area (Å²) in [7, 11) is 1.78. The summed E-state index contributed by atoms with van der Waals surface area (Å²) in [6.07, 6.45) is 2.06. The average molecular weight is 359 g/mol. The van der Waals surface area contributed by atoms with Gasteiger partial charge in [-0.3, -0.25) is 4.99 Å². The Labute approximate surface area is 155 Å². The lowest BCUT2D eigenvalue weighted by molar-refractivity contribution is 0.0888. The number of furan rings is 1. The number of para-hydroxylation sites is 1. The quantitative estimate of drug-likeness (QED) is 0.431. The molecule has 2 atom stereocenters. The summed E-state index contributed by atoms with van der Waals surface area (Å²) < 4.78 is 17.0. The fourth-order valence-corrected chi connectivity index (χ4v) is 3.03. The standard InChI is InChI=1S/C20H29N3O3/c1-15(19-12-17-6-3-4-7-18(17)26-19)23-20(21-2)22-9-5-10-24-13-16-8-11-25-14-16/h3-4,6-7,12,15-16H,5,8-11,13-14H2,1-2H3,(H2,21,22,23). The van der Waals surface area contributed by atoms with Gasteiger partial charge in [0, 0.05) is 38.1 Å². The highest BCUT2D eigenvalue weighted by Gasteiger charge is 2.15. The molecule has 0 spiro atoms. The third-order valence-electron chi connectivity index (χ3n) is 4.58. The smallest absolute Gasteiger partial charge is 0.191 e. The summed E-state index contributed by atoms with van der Waals surface area (Å²) in [5.41, 5.74) is 0.906. The Morgan fingerprint density at radius 1 is 1.38 bits per heavy atom. The summed E-state index contributed by atoms with van der Waals surface area (Å²) in [5, 5.41) is 7.81. The molecular formula is C20H29N3O3. The highest BCUT2D eigenvalue weighted by Crippen LogP contribution is 2.23. The van der Waals surface area contributed by atoms with Crippen LogP contribution in [0.25, 0.3) is 11.0 Å². The van der Waals surface area contributed by atoms with Crippen molar-refractivity contribution in [1.29, 1.82) is 0 Å². The van der Waals surface area contributed by atoms with Crippen LogP contribution >= 0.6 is 0 Å². The van der Waals surface area contributed by atoms with E-state index in [1.165, 1.54) is 0 Å². The monoisotopic (exact) mass is 359 g/mol. The third kappa shape index (κ3) is 5.22. The molecule has 0 amide bonds. The molecule has 1 aromatic heterocycles. The van der Waals surface area contributed by atoms with Crippen LogP contribution in [-0.2, 0) is 9.47 Å². The van der Waals surface area contributed by atoms with E-state index in [4.69, 9.17) is 13.9 Å². The maximum absolute atomic E-state index is 5.91. The van der Waals surface area contributed by atoms with Crippen molar-refractivity contribution in [2.75, 3.05) is 40.0 Å². The van der Waals surface area contributed by atoms with Crippen LogP contribution in [0.15, 0.2) is 39.7 Å². The topological polar surface area (TPSA) is 68.0 Å². The summed E-state index contributed by atoms with van der Waals surface area (Å²) >= 11 is 0. The van der Waals surface area contributed by atoms with Gasteiger partial charge in [0.15, 0.2) is 5.96 Å². The van der Waals surface area contributed by atoms with Crippen LogP contribution in [0.4, 0.5) is 0 Å². The summed E-state index contributed by atoms with van der Waals surface area (Å²) in [6.45, 7) is 6.15. The Kier molecular flexibility index (Phi) is 6.91. The van der Waals surface area contributed by atoms with E-state index < -0.39 is 0 Å². The molecule has 2 heterocycles. The van der Waals surface area contributed by atoms with Crippen LogP contribution in [0.1, 0.15) is 31.6 Å². The van der Waals surface area contributed by atoms with Gasteiger partial charge in [0.2, 0.25) is 0 Å². The molecule has 0 radical (unpaired) electrons. The molecule has 0 aliphatic carbocycles. The molecule has 1 saturated heterocycles. The van der Waals surface area contributed by atoms with E-state index in [1.807, 2.05) is 18.2 Å². The van der Waals surface area contributed by atoms with Crippen LogP contribution in [0.2, 0.25) is 0 Å². The number of benzene rings is 1. The van der Waals surface area contributed by atoms with Crippen molar-refractivity contribution in [2.45, 2.75) is 25.8 Å². The molecule has 3 rings (SSSR count). The van der Waals surface area contributed by atoms with E-state index in [0.717, 1.165) is 68.5 Å². The van der Waals surface area contributed by atoms with Gasteiger partial charge in [0.25, 0.3) is 0 Å². The molecule has 2 N–H and O–H groups in total. The number of ether oxygens (including phenoxy) is 2. The van der Waals surface area contributed by atoms with E-state index in [-0.39, 0.29) is 6.04 Å². The Morgan fingerprint density at radius 2 is 2.27 bits per heavy atom. The zero-order chi connectivity index (χ0) is 18.2. The molecule has 6 heteroatoms. The normalized spacial score (nSPS) is 19.0. The largest absolute Gasteiger partial charge is 0.459 e. The number of guanidine groups is 1. The zero-order valence-corrected chi connectivity index (χ0v) is 15.7. The minimum atomic E-state index is 0.0345. The number of fused-ring (bicyclic) bond motifs is 1. The van der Waals surface area contributed by atoms with Crippen LogP contribution < -0.4 is 10.6 Å². The predicted molar refractivity (Wildman–Crippen MR) is 103 cm³/mol. The van der Waals surface area contributed by atoms with Crippen LogP contribution in [0.3, 0.4) is 0 Å². The summed E-state index contributed by atoms with van der Waals surface area (Å²) in [6, 6.07) is 10.1. The first-order valence-corrected chi connectivity index (χ1v) is 9.37. The van der Waals surface area contributed by atoms with Crippen molar-refractivity contribution in [3.63, 3.8) is 0 Å². The molecule has 1 aliphatic heterocycles. The van der Waals surface area contributed by atoms with Crippen molar-refractivity contribution in [1.82, 2.24) is 10.6 Å². The summed E-state index contributed by atoms with van der Waals surface area (Å²) in [5.74, 6) is 2.24. The minimum absolute atomic E-state index is 0.0345. The first kappa shape index (κ1) is 18.7. The number of rotatable bonds is 8. The van der Waals surface area contributed by atoms with E-state index in [1.54, 1.807) is 7.05 Å². The van der Waals surface area contributed by atoms with Crippen molar-refractivity contribution >= 4 is 16.9 Å². The molecule has 2 aromatic rings. The second-order valence-electron chi connectivity index (χ2n) is 6.71. The van der Waals surface area contributed by atoms with Crippen LogP contribution in [0.5, 0.6) is 0 Å². The van der Waals surface area contributed by atoms with Gasteiger partial charge in [-0.15, -0.1) is 0 Å². The highest BCUT2D eigenvalue weighted by molar-refractivity contribution is 5.81. The Bertz CT molecular complexity index is 674. The molecule has 0 saturated carbocycles. The fourth-order valence-electron chi connectivity index (χ4n) is 3.03. The molecule has 142 valence electrons. The number of hydrogen-bond donors (Lipinski definition) is 2. The average Bonchev–Trinajstić information content (AvgIpc) is 3.32. The van der Waals surface area contributed by atoms with E-state index in [9.17, 15) is 0 Å². The van der Waals surface area contributed by atoms with Gasteiger partial charge in [-0.25, -0.2) is 0 Å². The molecule has 6 nitrogen and oxygen atoms in total. The Balaban J connectivity index is 1.37. The van der Waals surface area contributed by atoms with Gasteiger partial charge in [-0.05, 0) is 31.9 Å². The Hall–Kier alpha value is -2.05. The number of nitrogens with one attached hydrogen (secondary N) is 2. The van der Waals surface area contributed by atoms with Crippen molar-refractivity contribution in [3.8, 4) is 0 Å². The second kappa shape index (κ2) is 9.59. The van der Waals surface area contributed by atoms with Gasteiger partial charge in [0.1, 0.15) is 11.3 Å². The minimum Gasteiger partial charge on any atom is -0.459 e. The predicted octanol–water partition coefficient (Wildman–Crippen LogP) is 3.10. The van der Waals surface area contributed by atoms with Crippen molar-refractivity contribution < 1.29 is 13.9 Å². The van der Waals surface area contributed by atoms with Crippen LogP contribution in [0, 0.1) is 5.92 Å². The molecule has 2 unspecified atom stereocenters. The van der Waals surface area contributed by atoms with Crippen molar-refractivity contribution in [2.24, 2.45) is 10.9 Å². The third-order valence-corrected chi connectivity index (χ3v) is 4.58. The van der Waals surface area contributed by atoms with Gasteiger partial charge in [-0.2, -0.15) is 0 Å². The first-order chi connectivity index (χ1) is 12.8. The van der Waals surface area contributed by atoms with Gasteiger partial charge in [-0.1, -0.05) is 18.2 Å². The lowest BCUT2D eigenvalue weighted by atomic mass is 10.1. The van der Waals surface area contributed by atoms with E-state index in [0.29, 0.717) is 5.92 Å². The molecule has 1 aliphatic rings. The van der Waals surface area contributed by atoms with E-state index in [2.05, 4.69) is 34.7 Å². The molecule has 0 bridgehead atoms. The number of hydrogen-bond acceptors (Lipinski definition) is 4. The molecule has 1 aromatic carbocycles. The fraction of sp³-hybridized carbons (Fsp3) is 0.550. The van der Waals surface area contributed by atoms with Gasteiger partial charge < -0.3 is 24.5 Å². The lowest BCUT2D eigenvalue weighted by Gasteiger charge is -2.16. The summed E-state index contributed by atoms with van der Waals surface area (Å²) in [4.78, 5) is 4.28. The Morgan fingerprint density at radius 3 is 3.04 bits per heavy atom. The molecule has 1 fully saturated rings. The second-order valence-corrected chi connectivity index (χ2v) is 6.71. The van der Waals surface area contributed by atoms with E-state index >= 15 is 0 Å². The maximum Gasteiger partial charge on any atom is 0.191 e. The van der Waals surface area contributed by atoms with Crippen LogP contribution in [-0.4, -0.2) is 46.0 Å². The molecule has 26 heavy (non-hydrogen) atoms. The maximum atomic E-state index is 5.91. The number of nitrogens with zero attached hydrogens (tertiary/aromatic N) is 1. The SMILES string of the molecule is CN=C(NCCCOCC1CCOC1)NC(C)c1cc2ccccc2o1. The number of aliphatic imine (C=N–C) groups is 1. The lowest BCUT2D eigenvalue weighted by Crippen LogP contribution is -2.39. The van der Waals surface area contributed by atoms with Gasteiger partial charge in [0.05, 0.1) is 19.3 Å². The zero-order valence-electron chi connectivity index (χ0n) is 15.7. The van der Waals surface area contributed by atoms with Crippen molar-refractivity contribution in [3.05, 3.63) is 36.1 Å². The van der Waals surface area contributed by atoms with Gasteiger partial charge >= 0.3 is 0 Å².